The fourth-order valence-corrected chi connectivity index (χ4v) is 2.86. The summed E-state index contributed by atoms with van der Waals surface area (Å²) in [6, 6.07) is 8.59. The number of carbonyl (C=O) groups is 1. The van der Waals surface area contributed by atoms with E-state index < -0.39 is 0 Å². The molecule has 2 rings (SSSR count). The predicted octanol–water partition coefficient (Wildman–Crippen LogP) is 3.49. The van der Waals surface area contributed by atoms with Gasteiger partial charge in [-0.15, -0.1) is 0 Å². The number of carbonyl (C=O) groups excluding carboxylic acids is 1. The lowest BCUT2D eigenvalue weighted by Gasteiger charge is -2.24. The van der Waals surface area contributed by atoms with Crippen LogP contribution in [0.25, 0.3) is 0 Å². The summed E-state index contributed by atoms with van der Waals surface area (Å²) in [7, 11) is 1.68. The molecule has 0 saturated heterocycles. The molecule has 2 nitrogen and oxygen atoms in total. The Morgan fingerprint density at radius 2 is 2.22 bits per heavy atom. The first-order valence-corrected chi connectivity index (χ1v) is 6.89. The van der Waals surface area contributed by atoms with Crippen molar-refractivity contribution in [2.75, 3.05) is 13.7 Å². The van der Waals surface area contributed by atoms with Crippen LogP contribution >= 0.6 is 0 Å². The zero-order valence-corrected chi connectivity index (χ0v) is 11.2. The zero-order chi connectivity index (χ0) is 12.8. The average Bonchev–Trinajstić information content (AvgIpc) is 2.39. The molecular formula is C16H22O2. The van der Waals surface area contributed by atoms with Crippen LogP contribution in [0.5, 0.6) is 0 Å². The third-order valence-corrected chi connectivity index (χ3v) is 3.77. The lowest BCUT2D eigenvalue weighted by Crippen LogP contribution is -2.14. The van der Waals surface area contributed by atoms with Crippen LogP contribution in [0.2, 0.25) is 0 Å². The molecule has 0 spiro atoms. The first kappa shape index (κ1) is 13.3. The number of fused-ring (bicyclic) bond motifs is 1. The molecule has 1 aromatic carbocycles. The fraction of sp³-hybridized carbons (Fsp3) is 0.562. The van der Waals surface area contributed by atoms with Gasteiger partial charge in [0, 0.05) is 26.6 Å². The summed E-state index contributed by atoms with van der Waals surface area (Å²) in [5, 5.41) is 0. The summed E-state index contributed by atoms with van der Waals surface area (Å²) in [5.41, 5.74) is 2.85. The molecule has 0 heterocycles. The predicted molar refractivity (Wildman–Crippen MR) is 72.9 cm³/mol. The van der Waals surface area contributed by atoms with Gasteiger partial charge in [0.25, 0.3) is 0 Å². The minimum atomic E-state index is 0.383. The smallest absolute Gasteiger partial charge is 0.133 e. The molecule has 98 valence electrons. The molecule has 1 aromatic rings. The minimum Gasteiger partial charge on any atom is -0.385 e. The van der Waals surface area contributed by atoms with E-state index >= 15 is 0 Å². The van der Waals surface area contributed by atoms with Crippen LogP contribution < -0.4 is 0 Å². The molecule has 0 N–H and O–H groups in total. The van der Waals surface area contributed by atoms with Gasteiger partial charge < -0.3 is 4.74 Å². The Labute approximate surface area is 109 Å². The van der Waals surface area contributed by atoms with Crippen molar-refractivity contribution in [2.24, 2.45) is 0 Å². The highest BCUT2D eigenvalue weighted by Crippen LogP contribution is 2.34. The number of hydrogen-bond donors (Lipinski definition) is 0. The van der Waals surface area contributed by atoms with Gasteiger partial charge in [-0.1, -0.05) is 24.3 Å². The van der Waals surface area contributed by atoms with Crippen molar-refractivity contribution in [2.45, 2.75) is 44.4 Å². The minimum absolute atomic E-state index is 0.383. The Kier molecular flexibility index (Phi) is 4.94. The lowest BCUT2D eigenvalue weighted by atomic mass is 9.80. The van der Waals surface area contributed by atoms with Crippen LogP contribution in [-0.2, 0) is 16.0 Å². The quantitative estimate of drug-likeness (QED) is 0.718. The zero-order valence-electron chi connectivity index (χ0n) is 11.2. The Bertz CT molecular complexity index is 398. The van der Waals surface area contributed by atoms with Crippen molar-refractivity contribution < 1.29 is 9.53 Å². The van der Waals surface area contributed by atoms with E-state index in [9.17, 15) is 4.79 Å². The number of rotatable bonds is 6. The normalized spacial score (nSPS) is 18.4. The van der Waals surface area contributed by atoms with Crippen LogP contribution in [0.3, 0.4) is 0 Å². The highest BCUT2D eigenvalue weighted by atomic mass is 16.5. The van der Waals surface area contributed by atoms with Gasteiger partial charge in [0.2, 0.25) is 0 Å². The molecule has 0 fully saturated rings. The highest BCUT2D eigenvalue weighted by Gasteiger charge is 2.21. The van der Waals surface area contributed by atoms with Crippen molar-refractivity contribution in [1.29, 1.82) is 0 Å². The maximum Gasteiger partial charge on any atom is 0.133 e. The first-order valence-electron chi connectivity index (χ1n) is 6.89. The summed E-state index contributed by atoms with van der Waals surface area (Å²) in [4.78, 5) is 11.9. The second-order valence-corrected chi connectivity index (χ2v) is 5.13. The maximum atomic E-state index is 11.9. The fourth-order valence-electron chi connectivity index (χ4n) is 2.86. The van der Waals surface area contributed by atoms with Gasteiger partial charge in [-0.2, -0.15) is 0 Å². The van der Waals surface area contributed by atoms with Crippen molar-refractivity contribution in [3.63, 3.8) is 0 Å². The summed E-state index contributed by atoms with van der Waals surface area (Å²) in [5.74, 6) is 0.832. The Balaban J connectivity index is 1.92. The third-order valence-electron chi connectivity index (χ3n) is 3.77. The molecule has 1 aliphatic carbocycles. The number of ether oxygens (including phenoxy) is 1. The molecule has 2 heteroatoms. The van der Waals surface area contributed by atoms with E-state index in [0.29, 0.717) is 31.1 Å². The van der Waals surface area contributed by atoms with E-state index in [0.717, 1.165) is 12.8 Å². The number of aryl methyl sites for hydroxylation is 1. The van der Waals surface area contributed by atoms with Gasteiger partial charge in [0.1, 0.15) is 5.78 Å². The van der Waals surface area contributed by atoms with Crippen molar-refractivity contribution >= 4 is 5.78 Å². The van der Waals surface area contributed by atoms with Crippen LogP contribution in [0.15, 0.2) is 24.3 Å². The van der Waals surface area contributed by atoms with E-state index in [-0.39, 0.29) is 0 Å². The second kappa shape index (κ2) is 6.69. The second-order valence-electron chi connectivity index (χ2n) is 5.13. The molecule has 1 aliphatic rings. The van der Waals surface area contributed by atoms with E-state index in [1.54, 1.807) is 7.11 Å². The van der Waals surface area contributed by atoms with Gasteiger partial charge >= 0.3 is 0 Å². The number of methoxy groups -OCH3 is 1. The van der Waals surface area contributed by atoms with E-state index in [1.807, 2.05) is 0 Å². The molecule has 0 aromatic heterocycles. The highest BCUT2D eigenvalue weighted by molar-refractivity contribution is 5.79. The Morgan fingerprint density at radius 3 is 3.06 bits per heavy atom. The van der Waals surface area contributed by atoms with Gasteiger partial charge in [-0.05, 0) is 42.7 Å². The van der Waals surface area contributed by atoms with Crippen LogP contribution in [0, 0.1) is 0 Å². The van der Waals surface area contributed by atoms with E-state index in [2.05, 4.69) is 24.3 Å². The average molecular weight is 246 g/mol. The van der Waals surface area contributed by atoms with Crippen molar-refractivity contribution in [3.8, 4) is 0 Å². The molecule has 0 radical (unpaired) electrons. The monoisotopic (exact) mass is 246 g/mol. The van der Waals surface area contributed by atoms with Crippen molar-refractivity contribution in [3.05, 3.63) is 35.4 Å². The van der Waals surface area contributed by atoms with Gasteiger partial charge in [0.15, 0.2) is 0 Å². The maximum absolute atomic E-state index is 11.9. The molecule has 0 saturated carbocycles. The van der Waals surface area contributed by atoms with E-state index in [1.165, 1.54) is 24.0 Å². The van der Waals surface area contributed by atoms with Crippen molar-refractivity contribution in [1.82, 2.24) is 0 Å². The lowest BCUT2D eigenvalue weighted by molar-refractivity contribution is -0.119. The number of Topliss-reactive ketones (excluding diaryl/α,β-unsaturated/α-hetero) is 1. The summed E-state index contributed by atoms with van der Waals surface area (Å²) in [6.45, 7) is 0.687. The van der Waals surface area contributed by atoms with Gasteiger partial charge in [-0.3, -0.25) is 4.79 Å². The molecule has 0 amide bonds. The van der Waals surface area contributed by atoms with E-state index in [4.69, 9.17) is 4.74 Å². The molecule has 0 aliphatic heterocycles. The largest absolute Gasteiger partial charge is 0.385 e. The molecule has 1 atom stereocenters. The number of ketones is 1. The third kappa shape index (κ3) is 3.42. The van der Waals surface area contributed by atoms with Crippen LogP contribution in [-0.4, -0.2) is 19.5 Å². The molecule has 0 bridgehead atoms. The molecule has 18 heavy (non-hydrogen) atoms. The van der Waals surface area contributed by atoms with Gasteiger partial charge in [-0.25, -0.2) is 0 Å². The first-order chi connectivity index (χ1) is 8.81. The molecule has 1 unspecified atom stereocenters. The topological polar surface area (TPSA) is 26.3 Å². The van der Waals surface area contributed by atoms with Crippen LogP contribution in [0.4, 0.5) is 0 Å². The summed E-state index contributed by atoms with van der Waals surface area (Å²) in [6.07, 6.45) is 5.77. The standard InChI is InChI=1S/C16H22O2/c1-18-11-5-9-15(17)12-14-8-4-7-13-6-2-3-10-16(13)14/h2-3,6,10,14H,4-5,7-9,11-12H2,1H3. The Hall–Kier alpha value is -1.15. The summed E-state index contributed by atoms with van der Waals surface area (Å²) >= 11 is 0. The Morgan fingerprint density at radius 1 is 1.39 bits per heavy atom. The SMILES string of the molecule is COCCCC(=O)CC1CCCc2ccccc21. The molecular weight excluding hydrogens is 224 g/mol. The number of benzene rings is 1. The number of hydrogen-bond acceptors (Lipinski definition) is 2. The van der Waals surface area contributed by atoms with Crippen LogP contribution in [0.1, 0.15) is 49.1 Å². The van der Waals surface area contributed by atoms with Gasteiger partial charge in [0.05, 0.1) is 0 Å². The summed E-state index contributed by atoms with van der Waals surface area (Å²) < 4.78 is 4.99.